The lowest BCUT2D eigenvalue weighted by molar-refractivity contribution is -0.209. The first kappa shape index (κ1) is 13.1. The zero-order valence-corrected chi connectivity index (χ0v) is 12.9. The quantitative estimate of drug-likeness (QED) is 0.827. The van der Waals surface area contributed by atoms with Gasteiger partial charge in [0.15, 0.2) is 0 Å². The highest BCUT2D eigenvalue weighted by Gasteiger charge is 2.69. The van der Waals surface area contributed by atoms with E-state index in [1.807, 2.05) is 12.1 Å². The average molecular weight is 295 g/mol. The maximum Gasteiger partial charge on any atom is 0.148 e. The summed E-state index contributed by atoms with van der Waals surface area (Å²) in [4.78, 5) is 4.95. The topological polar surface area (TPSA) is 21.6 Å². The molecule has 4 rings (SSSR count). The maximum absolute atomic E-state index is 6.44. The Balaban J connectivity index is 1.94. The molecule has 2 heterocycles. The van der Waals surface area contributed by atoms with Crippen molar-refractivity contribution >= 4 is 16.8 Å². The summed E-state index contributed by atoms with van der Waals surface area (Å²) in [6, 6.07) is 20.9. The third-order valence-electron chi connectivity index (χ3n) is 4.48. The molecular weight excluding hydrogens is 278 g/mol. The Kier molecular flexibility index (Phi) is 2.78. The van der Waals surface area contributed by atoms with Crippen LogP contribution in [0.5, 0.6) is 0 Å². The van der Waals surface area contributed by atoms with E-state index in [-0.39, 0.29) is 11.0 Å². The first-order chi connectivity index (χ1) is 10.2. The van der Waals surface area contributed by atoms with Crippen LogP contribution in [-0.2, 0) is 10.3 Å². The second kappa shape index (κ2) is 4.46. The second-order valence-electron chi connectivity index (χ2n) is 5.76. The Bertz CT molecular complexity index is 658. The molecule has 2 aliphatic heterocycles. The highest BCUT2D eigenvalue weighted by molar-refractivity contribution is 8.14. The van der Waals surface area contributed by atoms with Crippen LogP contribution < -0.4 is 0 Å². The summed E-state index contributed by atoms with van der Waals surface area (Å²) in [6.07, 6.45) is 0. The van der Waals surface area contributed by atoms with Crippen molar-refractivity contribution in [3.8, 4) is 0 Å². The van der Waals surface area contributed by atoms with Gasteiger partial charge in [0.25, 0.3) is 0 Å². The fourth-order valence-electron chi connectivity index (χ4n) is 3.51. The van der Waals surface area contributed by atoms with Gasteiger partial charge in [-0.3, -0.25) is 4.99 Å². The Morgan fingerprint density at radius 1 is 0.952 bits per heavy atom. The highest BCUT2D eigenvalue weighted by atomic mass is 32.2. The average Bonchev–Trinajstić information content (AvgIpc) is 2.74. The normalized spacial score (nSPS) is 29.4. The largest absolute Gasteiger partial charge is 0.346 e. The summed E-state index contributed by atoms with van der Waals surface area (Å²) in [5.74, 6) is 0. The predicted octanol–water partition coefficient (Wildman–Crippen LogP) is 4.21. The van der Waals surface area contributed by atoms with Gasteiger partial charge in [-0.2, -0.15) is 0 Å². The number of rotatable bonds is 2. The summed E-state index contributed by atoms with van der Waals surface area (Å²) in [5.41, 5.74) is 1.73. The number of thioether (sulfide) groups is 1. The van der Waals surface area contributed by atoms with Crippen molar-refractivity contribution in [1.82, 2.24) is 0 Å². The van der Waals surface area contributed by atoms with Crippen molar-refractivity contribution in [2.75, 3.05) is 0 Å². The molecule has 3 heteroatoms. The lowest BCUT2D eigenvalue weighted by Gasteiger charge is -2.57. The van der Waals surface area contributed by atoms with Crippen LogP contribution in [0.25, 0.3) is 0 Å². The van der Waals surface area contributed by atoms with Crippen LogP contribution in [0.4, 0.5) is 0 Å². The smallest absolute Gasteiger partial charge is 0.148 e. The molecule has 0 N–H and O–H groups in total. The molecule has 0 aliphatic carbocycles. The van der Waals surface area contributed by atoms with Gasteiger partial charge >= 0.3 is 0 Å². The molecule has 21 heavy (non-hydrogen) atoms. The van der Waals surface area contributed by atoms with Crippen LogP contribution in [0.15, 0.2) is 65.7 Å². The third kappa shape index (κ3) is 1.62. The third-order valence-corrected chi connectivity index (χ3v) is 5.69. The molecule has 0 bridgehead atoms. The van der Waals surface area contributed by atoms with Gasteiger partial charge < -0.3 is 4.74 Å². The molecule has 2 unspecified atom stereocenters. The van der Waals surface area contributed by atoms with Gasteiger partial charge in [-0.05, 0) is 25.0 Å². The van der Waals surface area contributed by atoms with Gasteiger partial charge in [-0.15, -0.1) is 0 Å². The summed E-state index contributed by atoms with van der Waals surface area (Å²) < 4.78 is 6.44. The predicted molar refractivity (Wildman–Crippen MR) is 87.6 cm³/mol. The number of fused-ring (bicyclic) bond motifs is 1. The molecule has 0 radical (unpaired) electrons. The summed E-state index contributed by atoms with van der Waals surface area (Å²) in [5, 5.41) is 1.11. The number of nitrogens with zero attached hydrogens (tertiary/aromatic N) is 1. The van der Waals surface area contributed by atoms with Gasteiger partial charge in [0.1, 0.15) is 16.6 Å². The van der Waals surface area contributed by atoms with Crippen LogP contribution in [-0.4, -0.2) is 16.0 Å². The molecule has 2 aromatic rings. The number of hydrogen-bond donors (Lipinski definition) is 0. The van der Waals surface area contributed by atoms with E-state index in [0.29, 0.717) is 0 Å². The molecule has 2 aromatic carbocycles. The van der Waals surface area contributed by atoms with Crippen molar-refractivity contribution < 1.29 is 4.74 Å². The molecule has 2 nitrogen and oxygen atoms in total. The minimum absolute atomic E-state index is 0.109. The van der Waals surface area contributed by atoms with Gasteiger partial charge in [0, 0.05) is 0 Å². The van der Waals surface area contributed by atoms with Gasteiger partial charge in [0.2, 0.25) is 0 Å². The lowest BCUT2D eigenvalue weighted by atomic mass is 9.67. The molecule has 0 aromatic heterocycles. The van der Waals surface area contributed by atoms with E-state index < -0.39 is 5.60 Å². The fraction of sp³-hybridized carbons (Fsp3) is 0.278. The molecule has 0 saturated carbocycles. The van der Waals surface area contributed by atoms with Gasteiger partial charge in [-0.25, -0.2) is 0 Å². The van der Waals surface area contributed by atoms with E-state index >= 15 is 0 Å². The number of aliphatic imine (C=N–C) groups is 1. The van der Waals surface area contributed by atoms with Crippen LogP contribution in [0.1, 0.15) is 25.0 Å². The number of benzene rings is 2. The Hall–Kier alpha value is -1.58. The van der Waals surface area contributed by atoms with Crippen LogP contribution >= 0.6 is 11.8 Å². The maximum atomic E-state index is 6.44. The van der Waals surface area contributed by atoms with Crippen molar-refractivity contribution in [3.63, 3.8) is 0 Å². The summed E-state index contributed by atoms with van der Waals surface area (Å²) in [7, 11) is 0. The standard InChI is InChI=1S/C18H17NOS/c1-13-19-17(2)16(21-13)20-18(17,14-9-5-3-6-10-14)15-11-7-4-8-12-15/h3-12,16H,1-2H3. The van der Waals surface area contributed by atoms with E-state index in [2.05, 4.69) is 62.4 Å². The van der Waals surface area contributed by atoms with Crippen molar-refractivity contribution in [2.45, 2.75) is 30.4 Å². The minimum Gasteiger partial charge on any atom is -0.346 e. The lowest BCUT2D eigenvalue weighted by Crippen LogP contribution is -2.67. The number of hydrogen-bond acceptors (Lipinski definition) is 3. The Morgan fingerprint density at radius 2 is 1.48 bits per heavy atom. The van der Waals surface area contributed by atoms with E-state index in [1.165, 1.54) is 11.1 Å². The molecule has 1 saturated heterocycles. The van der Waals surface area contributed by atoms with E-state index in [0.717, 1.165) is 5.04 Å². The van der Waals surface area contributed by atoms with Gasteiger partial charge in [-0.1, -0.05) is 72.4 Å². The zero-order valence-electron chi connectivity index (χ0n) is 12.1. The van der Waals surface area contributed by atoms with Gasteiger partial charge in [0.05, 0.1) is 5.04 Å². The zero-order chi connectivity index (χ0) is 14.5. The van der Waals surface area contributed by atoms with Crippen molar-refractivity contribution in [1.29, 1.82) is 0 Å². The molecule has 1 fully saturated rings. The molecule has 2 aliphatic rings. The van der Waals surface area contributed by atoms with Crippen LogP contribution in [0.3, 0.4) is 0 Å². The van der Waals surface area contributed by atoms with Crippen LogP contribution in [0, 0.1) is 0 Å². The molecule has 2 atom stereocenters. The summed E-state index contributed by atoms with van der Waals surface area (Å²) >= 11 is 1.73. The second-order valence-corrected chi connectivity index (χ2v) is 7.01. The summed E-state index contributed by atoms with van der Waals surface area (Å²) in [6.45, 7) is 4.28. The van der Waals surface area contributed by atoms with Crippen LogP contribution in [0.2, 0.25) is 0 Å². The Morgan fingerprint density at radius 3 is 1.95 bits per heavy atom. The molecule has 0 spiro atoms. The first-order valence-electron chi connectivity index (χ1n) is 7.19. The SMILES string of the molecule is CC1=NC2(C)C(OC2(c2ccccc2)c2ccccc2)S1. The molecule has 106 valence electrons. The molecule has 0 amide bonds. The minimum atomic E-state index is -0.481. The van der Waals surface area contributed by atoms with E-state index in [1.54, 1.807) is 11.8 Å². The number of ether oxygens (including phenoxy) is 1. The van der Waals surface area contributed by atoms with E-state index in [4.69, 9.17) is 9.73 Å². The molecular formula is C18H17NOS. The van der Waals surface area contributed by atoms with E-state index in [9.17, 15) is 0 Å². The monoisotopic (exact) mass is 295 g/mol. The van der Waals surface area contributed by atoms with Crippen molar-refractivity contribution in [2.24, 2.45) is 4.99 Å². The fourth-order valence-corrected chi connectivity index (χ4v) is 4.71. The highest BCUT2D eigenvalue weighted by Crippen LogP contribution is 2.62. The first-order valence-corrected chi connectivity index (χ1v) is 8.07. The Labute approximate surface area is 129 Å². The van der Waals surface area contributed by atoms with Crippen molar-refractivity contribution in [3.05, 3.63) is 71.8 Å².